The summed E-state index contributed by atoms with van der Waals surface area (Å²) in [4.78, 5) is 2.37. The Labute approximate surface area is 71.8 Å². The van der Waals surface area contributed by atoms with Gasteiger partial charge in [0, 0.05) is 0 Å². The predicted molar refractivity (Wildman–Crippen MR) is 51.8 cm³/mol. The van der Waals surface area contributed by atoms with Crippen LogP contribution in [0.15, 0.2) is 0 Å². The maximum Gasteiger partial charge on any atom is -0.00193 e. The molecule has 0 saturated heterocycles. The van der Waals surface area contributed by atoms with Crippen molar-refractivity contribution < 1.29 is 0 Å². The van der Waals surface area contributed by atoms with Crippen molar-refractivity contribution in [1.29, 1.82) is 0 Å². The van der Waals surface area contributed by atoms with Crippen LogP contribution in [0, 0.1) is 11.8 Å². The van der Waals surface area contributed by atoms with Crippen LogP contribution in [-0.2, 0) is 0 Å². The Hall–Kier alpha value is -0.0400. The molecule has 0 aromatic heterocycles. The summed E-state index contributed by atoms with van der Waals surface area (Å²) >= 11 is 0. The zero-order valence-corrected chi connectivity index (χ0v) is 8.72. The van der Waals surface area contributed by atoms with Crippen LogP contribution in [0.2, 0.25) is 0 Å². The number of hydrogen-bond donors (Lipinski definition) is 0. The third-order valence-electron chi connectivity index (χ3n) is 2.64. The minimum atomic E-state index is 0.834. The van der Waals surface area contributed by atoms with Gasteiger partial charge in [0.1, 0.15) is 0 Å². The first-order chi connectivity index (χ1) is 5.07. The van der Waals surface area contributed by atoms with E-state index >= 15 is 0 Å². The van der Waals surface area contributed by atoms with Gasteiger partial charge >= 0.3 is 0 Å². The van der Waals surface area contributed by atoms with Crippen molar-refractivity contribution in [1.82, 2.24) is 4.90 Å². The molecule has 68 valence electrons. The van der Waals surface area contributed by atoms with E-state index in [1.807, 2.05) is 0 Å². The fraction of sp³-hybridized carbons (Fsp3) is 1.00. The van der Waals surface area contributed by atoms with E-state index in [0.29, 0.717) is 0 Å². The fourth-order valence-electron chi connectivity index (χ4n) is 0.915. The summed E-state index contributed by atoms with van der Waals surface area (Å²) in [5.74, 6) is 1.70. The van der Waals surface area contributed by atoms with E-state index in [1.54, 1.807) is 0 Å². The normalized spacial score (nSPS) is 14.5. The molecule has 0 amide bonds. The molecule has 11 heavy (non-hydrogen) atoms. The van der Waals surface area contributed by atoms with E-state index in [0.717, 1.165) is 11.8 Å². The molecule has 0 N–H and O–H groups in total. The molecule has 0 aliphatic carbocycles. The molecule has 1 unspecified atom stereocenters. The van der Waals surface area contributed by atoms with E-state index < -0.39 is 0 Å². The van der Waals surface area contributed by atoms with E-state index in [4.69, 9.17) is 0 Å². The highest BCUT2D eigenvalue weighted by atomic mass is 15.1. The minimum absolute atomic E-state index is 0.834. The second kappa shape index (κ2) is 5.59. The number of nitrogens with zero attached hydrogens (tertiary/aromatic N) is 1. The Morgan fingerprint density at radius 2 is 1.73 bits per heavy atom. The highest BCUT2D eigenvalue weighted by Crippen LogP contribution is 2.13. The van der Waals surface area contributed by atoms with Gasteiger partial charge in [0.15, 0.2) is 0 Å². The van der Waals surface area contributed by atoms with E-state index in [9.17, 15) is 0 Å². The van der Waals surface area contributed by atoms with Crippen LogP contribution in [0.25, 0.3) is 0 Å². The van der Waals surface area contributed by atoms with Crippen LogP contribution in [0.4, 0.5) is 0 Å². The van der Waals surface area contributed by atoms with Gasteiger partial charge in [0.25, 0.3) is 0 Å². The SMILES string of the molecule is CCN(C)CCC(C)C(C)C. The van der Waals surface area contributed by atoms with Crippen molar-refractivity contribution >= 4 is 0 Å². The van der Waals surface area contributed by atoms with Gasteiger partial charge in [-0.25, -0.2) is 0 Å². The fourth-order valence-corrected chi connectivity index (χ4v) is 0.915. The Balaban J connectivity index is 3.37. The monoisotopic (exact) mass is 157 g/mol. The first-order valence-corrected chi connectivity index (χ1v) is 4.76. The summed E-state index contributed by atoms with van der Waals surface area (Å²) in [7, 11) is 2.19. The van der Waals surface area contributed by atoms with Crippen LogP contribution in [0.3, 0.4) is 0 Å². The second-order valence-corrected chi connectivity index (χ2v) is 3.91. The molecule has 0 aromatic carbocycles. The third kappa shape index (κ3) is 5.25. The Kier molecular flexibility index (Phi) is 5.57. The average molecular weight is 157 g/mol. The molecule has 1 atom stereocenters. The predicted octanol–water partition coefficient (Wildman–Crippen LogP) is 2.62. The van der Waals surface area contributed by atoms with Crippen molar-refractivity contribution in [2.75, 3.05) is 20.1 Å². The number of rotatable bonds is 5. The standard InChI is InChI=1S/C10H23N/c1-6-11(5)8-7-10(4)9(2)3/h9-10H,6-8H2,1-5H3. The summed E-state index contributed by atoms with van der Waals surface area (Å²) in [5.41, 5.74) is 0. The molecule has 0 aliphatic rings. The van der Waals surface area contributed by atoms with Crippen LogP contribution in [0.5, 0.6) is 0 Å². The molecule has 0 spiro atoms. The largest absolute Gasteiger partial charge is 0.307 e. The topological polar surface area (TPSA) is 3.24 Å². The van der Waals surface area contributed by atoms with Crippen molar-refractivity contribution in [3.05, 3.63) is 0 Å². The molecule has 1 heteroatoms. The Bertz CT molecular complexity index is 88.9. The van der Waals surface area contributed by atoms with Crippen LogP contribution in [-0.4, -0.2) is 25.0 Å². The van der Waals surface area contributed by atoms with E-state index in [1.165, 1.54) is 19.5 Å². The molecule has 0 saturated carbocycles. The summed E-state index contributed by atoms with van der Waals surface area (Å²) < 4.78 is 0. The maximum absolute atomic E-state index is 2.37. The molecule has 1 nitrogen and oxygen atoms in total. The summed E-state index contributed by atoms with van der Waals surface area (Å²) in [5, 5.41) is 0. The molecule has 0 aromatic rings. The van der Waals surface area contributed by atoms with Crippen LogP contribution >= 0.6 is 0 Å². The average Bonchev–Trinajstić information content (AvgIpc) is 1.99. The zero-order valence-electron chi connectivity index (χ0n) is 8.72. The molecular formula is C10H23N. The molecule has 0 radical (unpaired) electrons. The van der Waals surface area contributed by atoms with Gasteiger partial charge in [-0.15, -0.1) is 0 Å². The number of hydrogen-bond acceptors (Lipinski definition) is 1. The van der Waals surface area contributed by atoms with Crippen molar-refractivity contribution in [2.45, 2.75) is 34.1 Å². The van der Waals surface area contributed by atoms with Gasteiger partial charge in [0.2, 0.25) is 0 Å². The van der Waals surface area contributed by atoms with Gasteiger partial charge in [-0.05, 0) is 38.4 Å². The zero-order chi connectivity index (χ0) is 8.85. The molecular weight excluding hydrogens is 134 g/mol. The Morgan fingerprint density at radius 3 is 2.09 bits per heavy atom. The Morgan fingerprint density at radius 1 is 1.18 bits per heavy atom. The quantitative estimate of drug-likeness (QED) is 0.593. The lowest BCUT2D eigenvalue weighted by atomic mass is 9.95. The molecule has 0 heterocycles. The van der Waals surface area contributed by atoms with Gasteiger partial charge < -0.3 is 4.90 Å². The molecule has 0 rings (SSSR count). The van der Waals surface area contributed by atoms with Crippen LogP contribution < -0.4 is 0 Å². The van der Waals surface area contributed by atoms with Gasteiger partial charge in [-0.1, -0.05) is 27.7 Å². The lowest BCUT2D eigenvalue weighted by Gasteiger charge is -2.19. The van der Waals surface area contributed by atoms with Gasteiger partial charge in [-0.2, -0.15) is 0 Å². The van der Waals surface area contributed by atoms with Crippen molar-refractivity contribution in [3.8, 4) is 0 Å². The van der Waals surface area contributed by atoms with Crippen LogP contribution in [0.1, 0.15) is 34.1 Å². The lowest BCUT2D eigenvalue weighted by Crippen LogP contribution is -2.21. The summed E-state index contributed by atoms with van der Waals surface area (Å²) in [6.45, 7) is 11.6. The first-order valence-electron chi connectivity index (χ1n) is 4.76. The summed E-state index contributed by atoms with van der Waals surface area (Å²) in [6, 6.07) is 0. The first kappa shape index (κ1) is 11.0. The van der Waals surface area contributed by atoms with Gasteiger partial charge in [-0.3, -0.25) is 0 Å². The maximum atomic E-state index is 2.37. The second-order valence-electron chi connectivity index (χ2n) is 3.91. The van der Waals surface area contributed by atoms with E-state index in [2.05, 4.69) is 39.6 Å². The van der Waals surface area contributed by atoms with Crippen molar-refractivity contribution in [3.63, 3.8) is 0 Å². The lowest BCUT2D eigenvalue weighted by molar-refractivity contribution is 0.290. The summed E-state index contributed by atoms with van der Waals surface area (Å²) in [6.07, 6.45) is 1.34. The molecule has 0 bridgehead atoms. The van der Waals surface area contributed by atoms with E-state index in [-0.39, 0.29) is 0 Å². The van der Waals surface area contributed by atoms with Crippen molar-refractivity contribution in [2.24, 2.45) is 11.8 Å². The highest BCUT2D eigenvalue weighted by molar-refractivity contribution is 4.59. The smallest absolute Gasteiger partial charge is 0.00193 e. The highest BCUT2D eigenvalue weighted by Gasteiger charge is 2.06. The molecule has 0 fully saturated rings. The molecule has 0 aliphatic heterocycles. The van der Waals surface area contributed by atoms with Gasteiger partial charge in [0.05, 0.1) is 0 Å². The minimum Gasteiger partial charge on any atom is -0.307 e. The third-order valence-corrected chi connectivity index (χ3v) is 2.64.